The fraction of sp³-hybridized carbons (Fsp3) is 0.294. The third kappa shape index (κ3) is 4.43. The fourth-order valence-corrected chi connectivity index (χ4v) is 2.14. The van der Waals surface area contributed by atoms with Gasteiger partial charge in [-0.1, -0.05) is 18.1 Å². The highest BCUT2D eigenvalue weighted by Crippen LogP contribution is 2.16. The molecule has 7 heteroatoms. The molecule has 1 fully saturated rings. The Labute approximate surface area is 139 Å². The molecule has 0 bridgehead atoms. The van der Waals surface area contributed by atoms with Crippen LogP contribution in [0.25, 0.3) is 0 Å². The SMILES string of the molecule is C#CCNC(=O)COC(=O)c1ccc(CN2C(=O)CCC2=O)cc1. The summed E-state index contributed by atoms with van der Waals surface area (Å²) in [6.45, 7) is -0.167. The molecule has 24 heavy (non-hydrogen) atoms. The lowest BCUT2D eigenvalue weighted by molar-refractivity contribution is -0.139. The number of esters is 1. The first-order valence-corrected chi connectivity index (χ1v) is 7.30. The number of hydrogen-bond donors (Lipinski definition) is 1. The van der Waals surface area contributed by atoms with Crippen molar-refractivity contribution in [3.05, 3.63) is 35.4 Å². The quantitative estimate of drug-likeness (QED) is 0.459. The van der Waals surface area contributed by atoms with Gasteiger partial charge in [0, 0.05) is 12.8 Å². The second kappa shape index (κ2) is 7.92. The molecule has 124 valence electrons. The van der Waals surface area contributed by atoms with Crippen LogP contribution in [0.2, 0.25) is 0 Å². The Balaban J connectivity index is 1.88. The van der Waals surface area contributed by atoms with Crippen LogP contribution in [0.1, 0.15) is 28.8 Å². The van der Waals surface area contributed by atoms with Gasteiger partial charge in [-0.15, -0.1) is 6.42 Å². The van der Waals surface area contributed by atoms with E-state index in [-0.39, 0.29) is 43.3 Å². The summed E-state index contributed by atoms with van der Waals surface area (Å²) in [5.41, 5.74) is 0.990. The molecule has 1 N–H and O–H groups in total. The van der Waals surface area contributed by atoms with Gasteiger partial charge in [0.2, 0.25) is 11.8 Å². The molecule has 0 atom stereocenters. The van der Waals surface area contributed by atoms with Crippen LogP contribution in [0.15, 0.2) is 24.3 Å². The van der Waals surface area contributed by atoms with E-state index in [1.54, 1.807) is 12.1 Å². The van der Waals surface area contributed by atoms with E-state index >= 15 is 0 Å². The van der Waals surface area contributed by atoms with Crippen molar-refractivity contribution in [3.63, 3.8) is 0 Å². The molecule has 1 aliphatic rings. The van der Waals surface area contributed by atoms with E-state index in [9.17, 15) is 19.2 Å². The number of carbonyl (C=O) groups is 4. The highest BCUT2D eigenvalue weighted by Gasteiger charge is 2.28. The topological polar surface area (TPSA) is 92.8 Å². The maximum Gasteiger partial charge on any atom is 0.338 e. The summed E-state index contributed by atoms with van der Waals surface area (Å²) >= 11 is 0. The average Bonchev–Trinajstić information content (AvgIpc) is 2.90. The minimum atomic E-state index is -0.647. The summed E-state index contributed by atoms with van der Waals surface area (Å²) < 4.78 is 4.86. The Morgan fingerprint density at radius 2 is 1.79 bits per heavy atom. The van der Waals surface area contributed by atoms with Crippen LogP contribution in [0, 0.1) is 12.3 Å². The number of rotatable bonds is 6. The summed E-state index contributed by atoms with van der Waals surface area (Å²) in [4.78, 5) is 47.5. The molecule has 0 aromatic heterocycles. The van der Waals surface area contributed by atoms with E-state index in [4.69, 9.17) is 11.2 Å². The smallest absolute Gasteiger partial charge is 0.338 e. The normalized spacial score (nSPS) is 13.5. The van der Waals surface area contributed by atoms with Crippen molar-refractivity contribution >= 4 is 23.7 Å². The van der Waals surface area contributed by atoms with Crippen LogP contribution in [0.5, 0.6) is 0 Å². The van der Waals surface area contributed by atoms with Crippen LogP contribution in [0.3, 0.4) is 0 Å². The van der Waals surface area contributed by atoms with Crippen LogP contribution in [0.4, 0.5) is 0 Å². The maximum absolute atomic E-state index is 11.8. The summed E-state index contributed by atoms with van der Waals surface area (Å²) in [7, 11) is 0. The Bertz CT molecular complexity index is 687. The van der Waals surface area contributed by atoms with Crippen molar-refractivity contribution < 1.29 is 23.9 Å². The minimum Gasteiger partial charge on any atom is -0.452 e. The number of imide groups is 1. The molecule has 1 aliphatic heterocycles. The number of benzene rings is 1. The van der Waals surface area contributed by atoms with Crippen molar-refractivity contribution in [3.8, 4) is 12.3 Å². The van der Waals surface area contributed by atoms with E-state index in [1.807, 2.05) is 0 Å². The molecule has 3 amide bonds. The van der Waals surface area contributed by atoms with Gasteiger partial charge in [-0.3, -0.25) is 19.3 Å². The van der Waals surface area contributed by atoms with Crippen LogP contribution < -0.4 is 5.32 Å². The molecule has 7 nitrogen and oxygen atoms in total. The molecule has 0 radical (unpaired) electrons. The monoisotopic (exact) mass is 328 g/mol. The predicted molar refractivity (Wildman–Crippen MR) is 83.4 cm³/mol. The largest absolute Gasteiger partial charge is 0.452 e. The molecular formula is C17H16N2O5. The highest BCUT2D eigenvalue weighted by atomic mass is 16.5. The van der Waals surface area contributed by atoms with Gasteiger partial charge in [-0.2, -0.15) is 0 Å². The summed E-state index contributed by atoms with van der Waals surface area (Å²) in [6, 6.07) is 6.30. The third-order valence-corrected chi connectivity index (χ3v) is 3.41. The Morgan fingerprint density at radius 1 is 1.17 bits per heavy atom. The molecule has 0 spiro atoms. The molecular weight excluding hydrogens is 312 g/mol. The highest BCUT2D eigenvalue weighted by molar-refractivity contribution is 6.01. The molecule has 2 rings (SSSR count). The average molecular weight is 328 g/mol. The number of amides is 3. The second-order valence-corrected chi connectivity index (χ2v) is 5.13. The van der Waals surface area contributed by atoms with E-state index in [0.29, 0.717) is 0 Å². The molecule has 1 aromatic carbocycles. The first-order valence-electron chi connectivity index (χ1n) is 7.30. The van der Waals surface area contributed by atoms with E-state index in [2.05, 4.69) is 11.2 Å². The number of hydrogen-bond acceptors (Lipinski definition) is 5. The summed E-state index contributed by atoms with van der Waals surface area (Å²) in [5, 5.41) is 2.38. The van der Waals surface area contributed by atoms with Gasteiger partial charge in [-0.25, -0.2) is 4.79 Å². The first kappa shape index (κ1) is 17.2. The van der Waals surface area contributed by atoms with E-state index in [1.165, 1.54) is 17.0 Å². The van der Waals surface area contributed by atoms with Gasteiger partial charge in [-0.05, 0) is 17.7 Å². The Kier molecular flexibility index (Phi) is 5.68. The van der Waals surface area contributed by atoms with Gasteiger partial charge in [0.05, 0.1) is 18.7 Å². The minimum absolute atomic E-state index is 0.0685. The maximum atomic E-state index is 11.8. The van der Waals surface area contributed by atoms with Crippen molar-refractivity contribution in [1.29, 1.82) is 0 Å². The van der Waals surface area contributed by atoms with E-state index in [0.717, 1.165) is 5.56 Å². The first-order chi connectivity index (χ1) is 11.5. The number of nitrogens with zero attached hydrogens (tertiary/aromatic N) is 1. The van der Waals surface area contributed by atoms with Crippen molar-refractivity contribution in [2.24, 2.45) is 0 Å². The fourth-order valence-electron chi connectivity index (χ4n) is 2.14. The Hall–Kier alpha value is -3.14. The molecule has 0 unspecified atom stereocenters. The van der Waals surface area contributed by atoms with Crippen molar-refractivity contribution in [1.82, 2.24) is 10.2 Å². The zero-order chi connectivity index (χ0) is 17.5. The van der Waals surface area contributed by atoms with E-state index < -0.39 is 18.5 Å². The second-order valence-electron chi connectivity index (χ2n) is 5.13. The Morgan fingerprint density at radius 3 is 2.38 bits per heavy atom. The van der Waals surface area contributed by atoms with Gasteiger partial charge >= 0.3 is 5.97 Å². The van der Waals surface area contributed by atoms with Gasteiger partial charge in [0.1, 0.15) is 0 Å². The summed E-state index contributed by atoms with van der Waals surface area (Å²) in [5.74, 6) is 0.719. The number of ether oxygens (including phenoxy) is 1. The number of likely N-dealkylation sites (tertiary alicyclic amines) is 1. The lowest BCUT2D eigenvalue weighted by Gasteiger charge is -2.13. The van der Waals surface area contributed by atoms with Crippen LogP contribution in [-0.2, 0) is 25.7 Å². The number of nitrogens with one attached hydrogen (secondary N) is 1. The molecule has 1 saturated heterocycles. The van der Waals surface area contributed by atoms with Gasteiger partial charge in [0.15, 0.2) is 6.61 Å². The van der Waals surface area contributed by atoms with Crippen LogP contribution >= 0.6 is 0 Å². The lowest BCUT2D eigenvalue weighted by atomic mass is 10.1. The lowest BCUT2D eigenvalue weighted by Crippen LogP contribution is -2.29. The number of terminal acetylenes is 1. The molecule has 0 aliphatic carbocycles. The van der Waals surface area contributed by atoms with Crippen molar-refractivity contribution in [2.75, 3.05) is 13.2 Å². The van der Waals surface area contributed by atoms with Crippen LogP contribution in [-0.4, -0.2) is 41.7 Å². The molecule has 0 saturated carbocycles. The summed E-state index contributed by atoms with van der Waals surface area (Å²) in [6.07, 6.45) is 5.48. The van der Waals surface area contributed by atoms with Crippen molar-refractivity contribution in [2.45, 2.75) is 19.4 Å². The van der Waals surface area contributed by atoms with Gasteiger partial charge in [0.25, 0.3) is 5.91 Å². The zero-order valence-electron chi connectivity index (χ0n) is 12.9. The number of carbonyl (C=O) groups excluding carboxylic acids is 4. The zero-order valence-corrected chi connectivity index (χ0v) is 12.9. The van der Waals surface area contributed by atoms with Gasteiger partial charge < -0.3 is 10.1 Å². The molecule has 1 heterocycles. The molecule has 1 aromatic rings. The predicted octanol–water partition coefficient (Wildman–Crippen LogP) is 0.242. The standard InChI is InChI=1S/C17H16N2O5/c1-2-9-18-14(20)11-24-17(23)13-5-3-12(4-6-13)10-19-15(21)7-8-16(19)22/h1,3-6H,7-11H2,(H,18,20). The third-order valence-electron chi connectivity index (χ3n) is 3.41.